The van der Waals surface area contributed by atoms with Crippen LogP contribution >= 0.6 is 0 Å². The molecule has 2 aliphatic rings. The number of ketones is 1. The number of quaternary nitrogens is 1. The largest absolute Gasteiger partial charge is 1.00 e. The van der Waals surface area contributed by atoms with E-state index in [9.17, 15) is 4.79 Å². The molecule has 4 heteroatoms. The summed E-state index contributed by atoms with van der Waals surface area (Å²) in [5, 5.41) is 9.17. The Hall–Kier alpha value is -0.970. The molecule has 0 radical (unpaired) electrons. The summed E-state index contributed by atoms with van der Waals surface area (Å²) in [6.45, 7) is 8.51. The maximum Gasteiger partial charge on any atom is 0.165 e. The minimum Gasteiger partial charge on any atom is -1.00 e. The van der Waals surface area contributed by atoms with Crippen LogP contribution in [0, 0.1) is 16.7 Å². The topological polar surface area (TPSA) is 37.3 Å². The zero-order valence-electron chi connectivity index (χ0n) is 16.7. The van der Waals surface area contributed by atoms with Gasteiger partial charge in [-0.2, -0.15) is 0 Å². The van der Waals surface area contributed by atoms with Crippen LogP contribution in [0.5, 0.6) is 0 Å². The number of hydrogen-bond donors (Lipinski definition) is 1. The smallest absolute Gasteiger partial charge is 0.165 e. The summed E-state index contributed by atoms with van der Waals surface area (Å²) in [5.41, 5.74) is 3.29. The fraction of sp³-hybridized carbons (Fsp3) is 0.591. The van der Waals surface area contributed by atoms with Crippen LogP contribution in [-0.2, 0) is 11.3 Å². The van der Waals surface area contributed by atoms with Crippen LogP contribution in [0.1, 0.15) is 44.7 Å². The zero-order chi connectivity index (χ0) is 18.5. The van der Waals surface area contributed by atoms with E-state index < -0.39 is 0 Å². The van der Waals surface area contributed by atoms with Crippen LogP contribution in [0.15, 0.2) is 29.8 Å². The van der Waals surface area contributed by atoms with Gasteiger partial charge in [0.05, 0.1) is 20.7 Å². The molecule has 0 aromatic heterocycles. The number of nitrogens with zero attached hydrogens (tertiary/aromatic N) is 1. The molecule has 0 spiro atoms. The highest BCUT2D eigenvalue weighted by molar-refractivity contribution is 6.07. The normalized spacial score (nSPS) is 28.5. The van der Waals surface area contributed by atoms with Gasteiger partial charge in [-0.25, -0.2) is 0 Å². The summed E-state index contributed by atoms with van der Waals surface area (Å²) in [7, 11) is 4.26. The lowest BCUT2D eigenvalue weighted by Crippen LogP contribution is -3.00. The Balaban J connectivity index is 0.00000243. The van der Waals surface area contributed by atoms with Crippen LogP contribution in [0.3, 0.4) is 0 Å². The summed E-state index contributed by atoms with van der Waals surface area (Å²) < 4.78 is 0.768. The van der Waals surface area contributed by atoms with Crippen molar-refractivity contribution in [2.24, 2.45) is 16.7 Å². The lowest BCUT2D eigenvalue weighted by Gasteiger charge is -2.31. The van der Waals surface area contributed by atoms with Gasteiger partial charge < -0.3 is 26.6 Å². The number of aliphatic hydroxyl groups excluding tert-OH is 1. The first-order valence-electron chi connectivity index (χ1n) is 9.39. The van der Waals surface area contributed by atoms with Crippen molar-refractivity contribution in [3.8, 4) is 0 Å². The molecule has 26 heavy (non-hydrogen) atoms. The number of likely N-dealkylation sites (N-methyl/N-ethyl adjacent to an activating group) is 1. The summed E-state index contributed by atoms with van der Waals surface area (Å²) in [6, 6.07) is 8.54. The van der Waals surface area contributed by atoms with Crippen LogP contribution in [0.2, 0.25) is 0 Å². The summed E-state index contributed by atoms with van der Waals surface area (Å²) in [4.78, 5) is 12.9. The number of aliphatic hydroxyl groups is 1. The van der Waals surface area contributed by atoms with Gasteiger partial charge in [0.25, 0.3) is 0 Å². The molecule has 2 fully saturated rings. The predicted molar refractivity (Wildman–Crippen MR) is 102 cm³/mol. The first kappa shape index (κ1) is 21.3. The van der Waals surface area contributed by atoms with Crippen molar-refractivity contribution in [3.05, 3.63) is 41.0 Å². The van der Waals surface area contributed by atoms with Crippen LogP contribution in [-0.4, -0.2) is 42.6 Å². The first-order chi connectivity index (χ1) is 11.6. The lowest BCUT2D eigenvalue weighted by atomic mass is 9.70. The molecule has 0 aliphatic heterocycles. The first-order valence-corrected chi connectivity index (χ1v) is 9.39. The van der Waals surface area contributed by atoms with Crippen molar-refractivity contribution in [3.63, 3.8) is 0 Å². The van der Waals surface area contributed by atoms with Crippen molar-refractivity contribution >= 4 is 11.9 Å². The molecule has 144 valence electrons. The number of carbonyl (C=O) groups is 1. The number of carbonyl (C=O) groups excluding carboxylic acids is 1. The number of halogens is 1. The van der Waals surface area contributed by atoms with Gasteiger partial charge in [-0.05, 0) is 41.4 Å². The molecular weight excluding hydrogens is 390 g/mol. The molecule has 3 rings (SSSR count). The van der Waals surface area contributed by atoms with Crippen molar-refractivity contribution < 1.29 is 31.4 Å². The van der Waals surface area contributed by atoms with Gasteiger partial charge in [-0.3, -0.25) is 4.79 Å². The monoisotopic (exact) mass is 421 g/mol. The number of allylic oxidation sites excluding steroid dienone is 1. The van der Waals surface area contributed by atoms with E-state index in [0.29, 0.717) is 11.7 Å². The van der Waals surface area contributed by atoms with Crippen LogP contribution in [0.4, 0.5) is 0 Å². The van der Waals surface area contributed by atoms with E-state index in [0.717, 1.165) is 41.6 Å². The highest BCUT2D eigenvalue weighted by atomic mass is 79.9. The van der Waals surface area contributed by atoms with E-state index in [4.69, 9.17) is 5.11 Å². The minimum atomic E-state index is -0.185. The fourth-order valence-corrected chi connectivity index (χ4v) is 4.84. The summed E-state index contributed by atoms with van der Waals surface area (Å²) in [6.07, 6.45) is 4.28. The van der Waals surface area contributed by atoms with E-state index in [1.807, 2.05) is 0 Å². The Morgan fingerprint density at radius 2 is 1.81 bits per heavy atom. The average Bonchev–Trinajstić information content (AvgIpc) is 2.83. The highest BCUT2D eigenvalue weighted by Gasteiger charge is 2.63. The molecule has 2 atom stereocenters. The van der Waals surface area contributed by atoms with E-state index in [2.05, 4.69) is 65.2 Å². The molecule has 2 bridgehead atoms. The maximum absolute atomic E-state index is 12.9. The molecule has 3 nitrogen and oxygen atoms in total. The Morgan fingerprint density at radius 1 is 1.19 bits per heavy atom. The van der Waals surface area contributed by atoms with E-state index in [1.54, 1.807) is 0 Å². The zero-order valence-corrected chi connectivity index (χ0v) is 18.3. The van der Waals surface area contributed by atoms with Gasteiger partial charge in [-0.1, -0.05) is 45.0 Å². The van der Waals surface area contributed by atoms with Crippen LogP contribution in [0.25, 0.3) is 6.08 Å². The van der Waals surface area contributed by atoms with E-state index in [1.165, 1.54) is 5.56 Å². The molecule has 2 unspecified atom stereocenters. The Morgan fingerprint density at radius 3 is 2.31 bits per heavy atom. The fourth-order valence-electron chi connectivity index (χ4n) is 4.84. The number of Topliss-reactive ketones (excluding diaryl/α,β-unsaturated/α-hetero) is 1. The van der Waals surface area contributed by atoms with Gasteiger partial charge in [0.15, 0.2) is 5.78 Å². The Labute approximate surface area is 168 Å². The third kappa shape index (κ3) is 3.44. The number of rotatable bonds is 5. The second-order valence-corrected chi connectivity index (χ2v) is 9.36. The second-order valence-electron chi connectivity index (χ2n) is 9.36. The molecule has 1 N–H and O–H groups in total. The highest BCUT2D eigenvalue weighted by Crippen LogP contribution is 2.65. The summed E-state index contributed by atoms with van der Waals surface area (Å²) in [5.74, 6) is 0.753. The standard InChI is InChI=1S/C22H32NO2.BrH/c1-21(2)19-10-11-22(21,3)20(25)18(19)14-16-6-8-17(9-7-16)15-23(4,5)12-13-24;/h6-9,14,19,24H,10-13,15H2,1-5H3;1H/q+1;/p-1. The quantitative estimate of drug-likeness (QED) is 0.560. The Bertz CT molecular complexity index is 705. The van der Waals surface area contributed by atoms with Crippen molar-refractivity contribution in [1.29, 1.82) is 0 Å². The van der Waals surface area contributed by atoms with Gasteiger partial charge in [0.2, 0.25) is 0 Å². The summed E-state index contributed by atoms with van der Waals surface area (Å²) >= 11 is 0. The van der Waals surface area contributed by atoms with Gasteiger partial charge in [0.1, 0.15) is 13.1 Å². The molecule has 0 heterocycles. The number of hydrogen-bond acceptors (Lipinski definition) is 2. The molecule has 1 aromatic rings. The predicted octanol–water partition coefficient (Wildman–Crippen LogP) is 0.668. The number of fused-ring (bicyclic) bond motifs is 2. The third-order valence-corrected chi connectivity index (χ3v) is 6.98. The SMILES string of the molecule is CC12CCC(C(=Cc3ccc(C[N+](C)(C)CCO)cc3)C1=O)C2(C)C.[Br-]. The van der Waals surface area contributed by atoms with Crippen molar-refractivity contribution in [2.75, 3.05) is 27.2 Å². The van der Waals surface area contributed by atoms with E-state index >= 15 is 0 Å². The molecule has 0 amide bonds. The van der Waals surface area contributed by atoms with Gasteiger partial charge >= 0.3 is 0 Å². The maximum atomic E-state index is 12.9. The van der Waals surface area contributed by atoms with Gasteiger partial charge in [0, 0.05) is 11.0 Å². The van der Waals surface area contributed by atoms with Crippen molar-refractivity contribution in [1.82, 2.24) is 0 Å². The lowest BCUT2D eigenvalue weighted by molar-refractivity contribution is -0.903. The van der Waals surface area contributed by atoms with E-state index in [-0.39, 0.29) is 34.4 Å². The average molecular weight is 422 g/mol. The third-order valence-electron chi connectivity index (χ3n) is 6.98. The Kier molecular flexibility index (Phi) is 5.92. The van der Waals surface area contributed by atoms with Gasteiger partial charge in [-0.15, -0.1) is 0 Å². The molecule has 2 aliphatic carbocycles. The second kappa shape index (κ2) is 7.21. The molecule has 0 saturated heterocycles. The molecule has 2 saturated carbocycles. The molecular formula is C22H32BrNO2. The van der Waals surface area contributed by atoms with Crippen LogP contribution < -0.4 is 17.0 Å². The minimum absolute atomic E-state index is 0. The number of benzene rings is 1. The molecule has 1 aromatic carbocycles. The van der Waals surface area contributed by atoms with Crippen molar-refractivity contribution in [2.45, 2.75) is 40.2 Å².